The van der Waals surface area contributed by atoms with Crippen LogP contribution in [0.15, 0.2) is 48.5 Å². The highest BCUT2D eigenvalue weighted by molar-refractivity contribution is 14.1. The highest BCUT2D eigenvalue weighted by atomic mass is 127. The zero-order chi connectivity index (χ0) is 14.5. The number of nitrogens with one attached hydrogen (secondary N) is 1. The zero-order valence-electron chi connectivity index (χ0n) is 10.7. The van der Waals surface area contributed by atoms with Crippen molar-refractivity contribution >= 4 is 39.9 Å². The zero-order valence-corrected chi connectivity index (χ0v) is 12.9. The molecular weight excluding hydrogens is 367 g/mol. The van der Waals surface area contributed by atoms with Crippen molar-refractivity contribution in [3.05, 3.63) is 57.7 Å². The summed E-state index contributed by atoms with van der Waals surface area (Å²) in [6.45, 7) is 0. The van der Waals surface area contributed by atoms with E-state index >= 15 is 0 Å². The topological polar surface area (TPSA) is 75.3 Å². The van der Waals surface area contributed by atoms with Gasteiger partial charge in [-0.3, -0.25) is 0 Å². The minimum atomic E-state index is -0.874. The van der Waals surface area contributed by atoms with Gasteiger partial charge in [0.2, 0.25) is 0 Å². The van der Waals surface area contributed by atoms with Gasteiger partial charge < -0.3 is 16.2 Å². The Bertz CT molecular complexity index is 602. The molecule has 4 nitrogen and oxygen atoms in total. The predicted molar refractivity (Wildman–Crippen MR) is 88.8 cm³/mol. The molecule has 104 valence electrons. The maximum Gasteiger partial charge on any atom is 0.326 e. The van der Waals surface area contributed by atoms with E-state index in [0.29, 0.717) is 12.1 Å². The van der Waals surface area contributed by atoms with Crippen LogP contribution >= 0.6 is 22.6 Å². The fourth-order valence-electron chi connectivity index (χ4n) is 1.87. The number of carboxylic acid groups (broad SMARTS) is 1. The molecule has 0 aromatic heterocycles. The van der Waals surface area contributed by atoms with Crippen molar-refractivity contribution < 1.29 is 9.90 Å². The molecule has 2 rings (SSSR count). The first-order valence-corrected chi connectivity index (χ1v) is 7.22. The van der Waals surface area contributed by atoms with Crippen molar-refractivity contribution in [2.75, 3.05) is 11.1 Å². The summed E-state index contributed by atoms with van der Waals surface area (Å²) in [5.41, 5.74) is 8.18. The second-order valence-electron chi connectivity index (χ2n) is 4.46. The van der Waals surface area contributed by atoms with Crippen molar-refractivity contribution in [2.24, 2.45) is 0 Å². The number of halogens is 1. The Kier molecular flexibility index (Phi) is 4.84. The predicted octanol–water partition coefficient (Wildman–Crippen LogP) is 2.98. The van der Waals surface area contributed by atoms with Gasteiger partial charge in [0.1, 0.15) is 6.04 Å². The molecule has 0 aliphatic heterocycles. The van der Waals surface area contributed by atoms with Crippen LogP contribution in [0.2, 0.25) is 0 Å². The quantitative estimate of drug-likeness (QED) is 0.549. The van der Waals surface area contributed by atoms with Gasteiger partial charge in [-0.2, -0.15) is 0 Å². The number of rotatable bonds is 5. The lowest BCUT2D eigenvalue weighted by Crippen LogP contribution is -2.31. The summed E-state index contributed by atoms with van der Waals surface area (Å²) < 4.78 is 0.899. The van der Waals surface area contributed by atoms with E-state index < -0.39 is 12.0 Å². The van der Waals surface area contributed by atoms with Crippen LogP contribution in [-0.2, 0) is 11.2 Å². The number of nitrogen functional groups attached to an aromatic ring is 1. The fraction of sp³-hybridized carbons (Fsp3) is 0.133. The summed E-state index contributed by atoms with van der Waals surface area (Å²) >= 11 is 2.13. The first kappa shape index (κ1) is 14.6. The lowest BCUT2D eigenvalue weighted by Gasteiger charge is -2.16. The SMILES string of the molecule is Nc1ccc(N[C@H](Cc2ccccc2)C(=O)O)cc1I. The highest BCUT2D eigenvalue weighted by Crippen LogP contribution is 2.20. The number of benzene rings is 2. The third-order valence-electron chi connectivity index (χ3n) is 2.92. The number of nitrogens with two attached hydrogens (primary N) is 1. The van der Waals surface area contributed by atoms with Gasteiger partial charge in [-0.25, -0.2) is 4.79 Å². The second kappa shape index (κ2) is 6.60. The molecule has 0 amide bonds. The van der Waals surface area contributed by atoms with E-state index in [2.05, 4.69) is 27.9 Å². The summed E-state index contributed by atoms with van der Waals surface area (Å²) in [5.74, 6) is -0.874. The van der Waals surface area contributed by atoms with Gasteiger partial charge in [0.05, 0.1) is 0 Å². The molecule has 2 aromatic rings. The molecule has 5 heteroatoms. The molecule has 2 aromatic carbocycles. The summed E-state index contributed by atoms with van der Waals surface area (Å²) in [5, 5.41) is 12.4. The number of hydrogen-bond donors (Lipinski definition) is 3. The molecule has 4 N–H and O–H groups in total. The van der Waals surface area contributed by atoms with Gasteiger partial charge >= 0.3 is 5.97 Å². The summed E-state index contributed by atoms with van der Waals surface area (Å²) in [6, 6.07) is 14.3. The Hall–Kier alpha value is -1.76. The van der Waals surface area contributed by atoms with E-state index in [-0.39, 0.29) is 0 Å². The maximum absolute atomic E-state index is 11.4. The average Bonchev–Trinajstić information content (AvgIpc) is 2.43. The summed E-state index contributed by atoms with van der Waals surface area (Å²) in [4.78, 5) is 11.4. The number of carboxylic acids is 1. The Morgan fingerprint density at radius 2 is 1.95 bits per heavy atom. The van der Waals surface area contributed by atoms with Gasteiger partial charge in [0.15, 0.2) is 0 Å². The highest BCUT2D eigenvalue weighted by Gasteiger charge is 2.17. The largest absolute Gasteiger partial charge is 0.480 e. The molecule has 0 heterocycles. The average molecular weight is 382 g/mol. The van der Waals surface area contributed by atoms with Crippen molar-refractivity contribution in [3.8, 4) is 0 Å². The van der Waals surface area contributed by atoms with E-state index in [4.69, 9.17) is 5.73 Å². The Labute approximate surface area is 131 Å². The molecule has 0 unspecified atom stereocenters. The van der Waals surface area contributed by atoms with Crippen LogP contribution in [0.25, 0.3) is 0 Å². The van der Waals surface area contributed by atoms with Crippen LogP contribution in [0.3, 0.4) is 0 Å². The molecular formula is C15H15IN2O2. The monoisotopic (exact) mass is 382 g/mol. The number of hydrogen-bond acceptors (Lipinski definition) is 3. The molecule has 20 heavy (non-hydrogen) atoms. The first-order valence-electron chi connectivity index (χ1n) is 6.14. The third-order valence-corrected chi connectivity index (χ3v) is 3.86. The molecule has 0 aliphatic rings. The van der Waals surface area contributed by atoms with E-state index in [1.54, 1.807) is 12.1 Å². The number of anilines is 2. The second-order valence-corrected chi connectivity index (χ2v) is 5.62. The maximum atomic E-state index is 11.4. The lowest BCUT2D eigenvalue weighted by molar-refractivity contribution is -0.137. The van der Waals surface area contributed by atoms with Crippen molar-refractivity contribution in [2.45, 2.75) is 12.5 Å². The van der Waals surface area contributed by atoms with Crippen molar-refractivity contribution in [1.82, 2.24) is 0 Å². The smallest absolute Gasteiger partial charge is 0.326 e. The van der Waals surface area contributed by atoms with Crippen LogP contribution in [0.1, 0.15) is 5.56 Å². The van der Waals surface area contributed by atoms with E-state index in [0.717, 1.165) is 14.8 Å². The van der Waals surface area contributed by atoms with Crippen molar-refractivity contribution in [1.29, 1.82) is 0 Å². The molecule has 0 aliphatic carbocycles. The van der Waals surface area contributed by atoms with Gasteiger partial charge in [-0.1, -0.05) is 30.3 Å². The van der Waals surface area contributed by atoms with Crippen LogP contribution in [0, 0.1) is 3.57 Å². The van der Waals surface area contributed by atoms with Crippen LogP contribution < -0.4 is 11.1 Å². The van der Waals surface area contributed by atoms with Crippen LogP contribution in [0.4, 0.5) is 11.4 Å². The Morgan fingerprint density at radius 3 is 2.55 bits per heavy atom. The fourth-order valence-corrected chi connectivity index (χ4v) is 2.38. The summed E-state index contributed by atoms with van der Waals surface area (Å²) in [7, 11) is 0. The van der Waals surface area contributed by atoms with Crippen LogP contribution in [0.5, 0.6) is 0 Å². The van der Waals surface area contributed by atoms with Gasteiger partial charge in [0, 0.05) is 21.4 Å². The van der Waals surface area contributed by atoms with Gasteiger partial charge in [-0.15, -0.1) is 0 Å². The molecule has 1 atom stereocenters. The minimum absolute atomic E-state index is 0.428. The third kappa shape index (κ3) is 3.86. The van der Waals surface area contributed by atoms with Crippen LogP contribution in [-0.4, -0.2) is 17.1 Å². The standard InChI is InChI=1S/C15H15IN2O2/c16-12-9-11(6-7-13(12)17)18-14(15(19)20)8-10-4-2-1-3-5-10/h1-7,9,14,18H,8,17H2,(H,19,20)/t14-/m1/s1. The minimum Gasteiger partial charge on any atom is -0.480 e. The van der Waals surface area contributed by atoms with Crippen molar-refractivity contribution in [3.63, 3.8) is 0 Å². The Balaban J connectivity index is 2.13. The normalized spacial score (nSPS) is 11.8. The lowest BCUT2D eigenvalue weighted by atomic mass is 10.1. The molecule has 0 saturated carbocycles. The summed E-state index contributed by atoms with van der Waals surface area (Å²) in [6.07, 6.45) is 0.428. The van der Waals surface area contributed by atoms with E-state index in [1.165, 1.54) is 0 Å². The molecule has 0 radical (unpaired) electrons. The number of aliphatic carboxylic acids is 1. The van der Waals surface area contributed by atoms with Gasteiger partial charge in [-0.05, 0) is 46.4 Å². The van der Waals surface area contributed by atoms with E-state index in [1.807, 2.05) is 36.4 Å². The number of carbonyl (C=O) groups is 1. The first-order chi connectivity index (χ1) is 9.56. The molecule has 0 spiro atoms. The molecule has 0 fully saturated rings. The Morgan fingerprint density at radius 1 is 1.25 bits per heavy atom. The molecule has 0 saturated heterocycles. The molecule has 0 bridgehead atoms. The van der Waals surface area contributed by atoms with E-state index in [9.17, 15) is 9.90 Å². The van der Waals surface area contributed by atoms with Gasteiger partial charge in [0.25, 0.3) is 0 Å².